The first-order valence-electron chi connectivity index (χ1n) is 9.79. The fraction of sp³-hybridized carbons (Fsp3) is 0.565. The first-order valence-corrected chi connectivity index (χ1v) is 16.0. The smallest absolute Gasteiger partial charge is 1.00 e. The van der Waals surface area contributed by atoms with Crippen LogP contribution in [0.2, 0.25) is 37.3 Å². The first-order chi connectivity index (χ1) is 11.4. The molecule has 0 fully saturated rings. The Labute approximate surface area is 215 Å². The van der Waals surface area contributed by atoms with E-state index in [4.69, 9.17) is 0 Å². The van der Waals surface area contributed by atoms with Gasteiger partial charge in [0.2, 0.25) is 0 Å². The van der Waals surface area contributed by atoms with Gasteiger partial charge < -0.3 is 37.2 Å². The van der Waals surface area contributed by atoms with E-state index in [0.717, 1.165) is 0 Å². The Morgan fingerprint density at radius 3 is 1.72 bits per heavy atom. The number of hydrogen-bond donors (Lipinski definition) is 0. The van der Waals surface area contributed by atoms with Crippen molar-refractivity contribution < 1.29 is 58.9 Å². The average Bonchev–Trinajstić information content (AvgIpc) is 2.70. The standard InChI is InChI=1S/C23H37Si2.3ClH.Ti/c1-11-12-25(10,23(6)16-18(3)19(4)20(23)5)22-14-17(2)13-21(15-22)24(7,8)9;;;;/h13-15H,11-12H2,1-10H3;3*1H;/q-1;;;;+4/p-3. The van der Waals surface area contributed by atoms with Crippen LogP contribution in [-0.4, -0.2) is 16.1 Å². The third kappa shape index (κ3) is 6.37. The van der Waals surface area contributed by atoms with Crippen molar-refractivity contribution in [3.63, 3.8) is 0 Å². The van der Waals surface area contributed by atoms with Crippen molar-refractivity contribution in [2.75, 3.05) is 0 Å². The van der Waals surface area contributed by atoms with Crippen LogP contribution in [0.15, 0.2) is 34.9 Å². The Kier molecular flexibility index (Phi) is 14.3. The van der Waals surface area contributed by atoms with E-state index in [1.54, 1.807) is 15.9 Å². The predicted octanol–water partition coefficient (Wildman–Crippen LogP) is -2.89. The summed E-state index contributed by atoms with van der Waals surface area (Å²) in [6, 6.07) is 8.84. The van der Waals surface area contributed by atoms with Crippen LogP contribution >= 0.6 is 0 Å². The minimum Gasteiger partial charge on any atom is -1.00 e. The quantitative estimate of drug-likeness (QED) is 0.287. The van der Waals surface area contributed by atoms with Crippen molar-refractivity contribution in [2.45, 2.75) is 85.2 Å². The molecule has 6 heteroatoms. The van der Waals surface area contributed by atoms with Gasteiger partial charge in [0.1, 0.15) is 0 Å². The molecule has 0 bridgehead atoms. The van der Waals surface area contributed by atoms with E-state index < -0.39 is 16.1 Å². The average molecular weight is 524 g/mol. The second-order valence-corrected chi connectivity index (χ2v) is 19.4. The molecule has 1 aromatic carbocycles. The van der Waals surface area contributed by atoms with Crippen LogP contribution in [0.1, 0.15) is 46.6 Å². The molecule has 0 saturated heterocycles. The Hall–Kier alpha value is 0.718. The van der Waals surface area contributed by atoms with Crippen LogP contribution in [-0.2, 0) is 21.7 Å². The number of allylic oxidation sites excluding steroid dienone is 4. The van der Waals surface area contributed by atoms with Gasteiger partial charge in [-0.1, -0.05) is 106 Å². The van der Waals surface area contributed by atoms with Crippen LogP contribution in [0.5, 0.6) is 0 Å². The van der Waals surface area contributed by atoms with Crippen molar-refractivity contribution in [3.05, 3.63) is 46.6 Å². The fourth-order valence-corrected chi connectivity index (χ4v) is 10.7. The zero-order valence-corrected chi connectivity index (χ0v) is 25.6. The van der Waals surface area contributed by atoms with Crippen molar-refractivity contribution >= 4 is 26.5 Å². The van der Waals surface area contributed by atoms with Crippen LogP contribution in [0.3, 0.4) is 0 Å². The molecule has 2 unspecified atom stereocenters. The van der Waals surface area contributed by atoms with Crippen LogP contribution in [0.25, 0.3) is 0 Å². The molecule has 2 rings (SSSR count). The van der Waals surface area contributed by atoms with Gasteiger partial charge in [-0.3, -0.25) is 6.08 Å². The van der Waals surface area contributed by atoms with Crippen molar-refractivity contribution in [1.82, 2.24) is 0 Å². The molecular formula is C23H37Cl3Si2Ti. The summed E-state index contributed by atoms with van der Waals surface area (Å²) in [5.41, 5.74) is 5.83. The van der Waals surface area contributed by atoms with Gasteiger partial charge in [0.05, 0.1) is 16.1 Å². The molecule has 1 aliphatic carbocycles. The van der Waals surface area contributed by atoms with E-state index in [2.05, 4.69) is 92.0 Å². The summed E-state index contributed by atoms with van der Waals surface area (Å²) in [6.07, 6.45) is 5.20. The van der Waals surface area contributed by atoms with Gasteiger partial charge in [-0.05, 0) is 6.92 Å². The third-order valence-electron chi connectivity index (χ3n) is 6.75. The van der Waals surface area contributed by atoms with Gasteiger partial charge in [0, 0.05) is 0 Å². The second-order valence-electron chi connectivity index (χ2n) is 9.54. The maximum Gasteiger partial charge on any atom is 4.00 e. The molecule has 0 aliphatic heterocycles. The summed E-state index contributed by atoms with van der Waals surface area (Å²) >= 11 is 0. The van der Waals surface area contributed by atoms with E-state index in [1.165, 1.54) is 29.2 Å². The van der Waals surface area contributed by atoms with Gasteiger partial charge in [-0.2, -0.15) is 11.1 Å². The molecule has 0 aromatic heterocycles. The summed E-state index contributed by atoms with van der Waals surface area (Å²) in [5.74, 6) is 0. The summed E-state index contributed by atoms with van der Waals surface area (Å²) in [7, 11) is -3.09. The van der Waals surface area contributed by atoms with Crippen LogP contribution in [0.4, 0.5) is 0 Å². The second kappa shape index (κ2) is 12.1. The molecule has 29 heavy (non-hydrogen) atoms. The number of hydrogen-bond acceptors (Lipinski definition) is 0. The molecule has 1 aromatic rings. The van der Waals surface area contributed by atoms with Crippen LogP contribution < -0.4 is 47.6 Å². The summed E-state index contributed by atoms with van der Waals surface area (Å²) in [5, 5.41) is 3.36. The van der Waals surface area contributed by atoms with Gasteiger partial charge in [-0.15, -0.1) is 6.92 Å². The van der Waals surface area contributed by atoms with Crippen LogP contribution in [0, 0.1) is 13.0 Å². The van der Waals surface area contributed by atoms with E-state index in [9.17, 15) is 0 Å². The molecular weight excluding hydrogens is 487 g/mol. The minimum atomic E-state index is -1.77. The molecule has 0 nitrogen and oxygen atoms in total. The van der Waals surface area contributed by atoms with E-state index in [-0.39, 0.29) is 64.0 Å². The Morgan fingerprint density at radius 1 is 0.862 bits per heavy atom. The third-order valence-corrected chi connectivity index (χ3v) is 14.5. The monoisotopic (exact) mass is 522 g/mol. The maximum atomic E-state index is 3.95. The van der Waals surface area contributed by atoms with E-state index in [0.29, 0.717) is 0 Å². The Morgan fingerprint density at radius 2 is 1.34 bits per heavy atom. The predicted molar refractivity (Wildman–Crippen MR) is 120 cm³/mol. The van der Waals surface area contributed by atoms with Gasteiger partial charge in [-0.25, -0.2) is 5.57 Å². The summed E-state index contributed by atoms with van der Waals surface area (Å²) < 4.78 is 0. The number of benzene rings is 1. The van der Waals surface area contributed by atoms with E-state index >= 15 is 0 Å². The molecule has 0 heterocycles. The van der Waals surface area contributed by atoms with Gasteiger partial charge in [0.15, 0.2) is 0 Å². The Balaban J connectivity index is -0.00000169. The van der Waals surface area contributed by atoms with Gasteiger partial charge >= 0.3 is 21.7 Å². The molecule has 162 valence electrons. The summed E-state index contributed by atoms with van der Waals surface area (Å²) in [6.45, 7) is 24.0. The molecule has 1 aliphatic rings. The van der Waals surface area contributed by atoms with Crippen molar-refractivity contribution in [3.8, 4) is 0 Å². The zero-order chi connectivity index (χ0) is 19.2. The number of rotatable bonds is 5. The SMILES string of the molecule is CCC[Si](C)(c1cc(C)cc([Si](C)(C)C)c1)C1(C)[C-]=C(C)C(C)=C1C.[Cl-].[Cl-].[Cl-].[Ti+4]. The molecule has 0 saturated carbocycles. The molecule has 0 spiro atoms. The molecule has 0 N–H and O–H groups in total. The minimum absolute atomic E-state index is 0. The topological polar surface area (TPSA) is 0 Å². The number of aryl methyl sites for hydroxylation is 1. The van der Waals surface area contributed by atoms with Crippen molar-refractivity contribution in [2.24, 2.45) is 0 Å². The fourth-order valence-electron chi connectivity index (χ4n) is 4.49. The van der Waals surface area contributed by atoms with Crippen molar-refractivity contribution in [1.29, 1.82) is 0 Å². The van der Waals surface area contributed by atoms with Gasteiger partial charge in [0.25, 0.3) is 0 Å². The maximum absolute atomic E-state index is 3.95. The molecule has 2 atom stereocenters. The largest absolute Gasteiger partial charge is 4.00 e. The summed E-state index contributed by atoms with van der Waals surface area (Å²) in [4.78, 5) is 0. The molecule has 0 radical (unpaired) electrons. The molecule has 0 amide bonds. The van der Waals surface area contributed by atoms with E-state index in [1.807, 2.05) is 0 Å². The first kappa shape index (κ1) is 34.3. The zero-order valence-electron chi connectivity index (χ0n) is 19.8. The normalized spacial score (nSPS) is 20.4. The Bertz CT molecular complexity index is 753. The number of halogens is 3.